The SMILES string of the molecule is CCCCCCCCC=CCCCCCCCCOC(=O)NC(=O)OCc1nc(C(C)C)c(Sc2cc(Cl)cc(Cl)c2)n1Cc1ccncc1. The average molecular weight is 746 g/mol. The van der Waals surface area contributed by atoms with Crippen LogP contribution in [0.15, 0.2) is 64.8 Å². The summed E-state index contributed by atoms with van der Waals surface area (Å²) in [5.74, 6) is 0.615. The van der Waals surface area contributed by atoms with Gasteiger partial charge in [-0.15, -0.1) is 0 Å². The van der Waals surface area contributed by atoms with Crippen molar-refractivity contribution in [1.82, 2.24) is 19.9 Å². The zero-order chi connectivity index (χ0) is 36.0. The van der Waals surface area contributed by atoms with E-state index in [9.17, 15) is 9.59 Å². The van der Waals surface area contributed by atoms with Gasteiger partial charge in [-0.2, -0.15) is 0 Å². The molecule has 2 aromatic heterocycles. The summed E-state index contributed by atoms with van der Waals surface area (Å²) >= 11 is 14.1. The van der Waals surface area contributed by atoms with Crippen LogP contribution in [-0.2, 0) is 22.6 Å². The summed E-state index contributed by atoms with van der Waals surface area (Å²) in [5, 5.41) is 4.11. The molecule has 0 radical (unpaired) electrons. The van der Waals surface area contributed by atoms with Crippen molar-refractivity contribution in [2.24, 2.45) is 0 Å². The highest BCUT2D eigenvalue weighted by Gasteiger charge is 2.22. The number of allylic oxidation sites excluding steroid dienone is 2. The molecule has 0 spiro atoms. The van der Waals surface area contributed by atoms with E-state index < -0.39 is 12.2 Å². The number of hydrogen-bond donors (Lipinski definition) is 1. The number of ether oxygens (including phenoxy) is 2. The van der Waals surface area contributed by atoms with Gasteiger partial charge in [0.15, 0.2) is 6.61 Å². The molecule has 2 amide bonds. The number of halogens is 2. The summed E-state index contributed by atoms with van der Waals surface area (Å²) in [6.45, 7) is 6.94. The van der Waals surface area contributed by atoms with E-state index in [4.69, 9.17) is 37.7 Å². The summed E-state index contributed by atoms with van der Waals surface area (Å²) in [5.41, 5.74) is 1.84. The van der Waals surface area contributed by atoms with Crippen molar-refractivity contribution in [2.45, 2.75) is 140 Å². The first-order valence-corrected chi connectivity index (χ1v) is 19.7. The zero-order valence-corrected chi connectivity index (χ0v) is 32.3. The fraction of sp³-hybridized carbons (Fsp3) is 0.538. The van der Waals surface area contributed by atoms with E-state index in [1.807, 2.05) is 28.8 Å². The van der Waals surface area contributed by atoms with Crippen LogP contribution in [0.2, 0.25) is 10.0 Å². The molecule has 0 saturated carbocycles. The molecule has 274 valence electrons. The largest absolute Gasteiger partial charge is 0.449 e. The summed E-state index contributed by atoms with van der Waals surface area (Å²) in [6, 6.07) is 9.22. The smallest absolute Gasteiger partial charge is 0.417 e. The molecule has 0 aliphatic heterocycles. The maximum Gasteiger partial charge on any atom is 0.417 e. The van der Waals surface area contributed by atoms with Crippen molar-refractivity contribution in [1.29, 1.82) is 0 Å². The Labute approximate surface area is 313 Å². The van der Waals surface area contributed by atoms with Crippen molar-refractivity contribution in [2.75, 3.05) is 6.61 Å². The number of aromatic nitrogens is 3. The molecule has 0 saturated heterocycles. The molecule has 11 heteroatoms. The Morgan fingerprint density at radius 2 is 1.42 bits per heavy atom. The Balaban J connectivity index is 1.39. The number of carbonyl (C=O) groups excluding carboxylic acids is 2. The molecule has 50 heavy (non-hydrogen) atoms. The predicted octanol–water partition coefficient (Wildman–Crippen LogP) is 12.3. The molecule has 3 aromatic rings. The third kappa shape index (κ3) is 16.3. The molecule has 0 bridgehead atoms. The third-order valence-corrected chi connectivity index (χ3v) is 9.67. The zero-order valence-electron chi connectivity index (χ0n) is 29.9. The number of nitrogens with zero attached hydrogens (tertiary/aromatic N) is 3. The van der Waals surface area contributed by atoms with Gasteiger partial charge in [-0.3, -0.25) is 4.98 Å². The van der Waals surface area contributed by atoms with Gasteiger partial charge < -0.3 is 14.0 Å². The molecule has 8 nitrogen and oxygen atoms in total. The number of hydrogen-bond acceptors (Lipinski definition) is 7. The van der Waals surface area contributed by atoms with Gasteiger partial charge in [0.05, 0.1) is 18.8 Å². The predicted molar refractivity (Wildman–Crippen MR) is 204 cm³/mol. The number of amides is 2. The van der Waals surface area contributed by atoms with Gasteiger partial charge in [-0.25, -0.2) is 19.9 Å². The first-order chi connectivity index (χ1) is 24.3. The molecule has 1 aromatic carbocycles. The van der Waals surface area contributed by atoms with Crippen LogP contribution in [0.5, 0.6) is 0 Å². The van der Waals surface area contributed by atoms with Gasteiger partial charge in [0.1, 0.15) is 10.9 Å². The molecule has 0 fully saturated rings. The monoisotopic (exact) mass is 744 g/mol. The summed E-state index contributed by atoms with van der Waals surface area (Å²) in [7, 11) is 0. The number of nitrogens with one attached hydrogen (secondary N) is 1. The van der Waals surface area contributed by atoms with Crippen molar-refractivity contribution in [3.63, 3.8) is 0 Å². The molecule has 3 rings (SSSR count). The van der Waals surface area contributed by atoms with E-state index in [1.165, 1.54) is 76.0 Å². The minimum absolute atomic E-state index is 0.0788. The van der Waals surface area contributed by atoms with E-state index in [0.717, 1.165) is 46.9 Å². The van der Waals surface area contributed by atoms with Crippen LogP contribution < -0.4 is 5.32 Å². The van der Waals surface area contributed by atoms with Crippen molar-refractivity contribution in [3.8, 4) is 0 Å². The molecular formula is C39H54Cl2N4O4S. The van der Waals surface area contributed by atoms with Crippen molar-refractivity contribution in [3.05, 3.63) is 82.0 Å². The number of imide groups is 1. The lowest BCUT2D eigenvalue weighted by Gasteiger charge is -2.14. The molecule has 0 aliphatic rings. The first-order valence-electron chi connectivity index (χ1n) is 18.1. The van der Waals surface area contributed by atoms with Crippen LogP contribution in [0, 0.1) is 0 Å². The summed E-state index contributed by atoms with van der Waals surface area (Å²) in [6.07, 6.45) is 23.3. The van der Waals surface area contributed by atoms with E-state index in [2.05, 4.69) is 43.2 Å². The highest BCUT2D eigenvalue weighted by atomic mass is 35.5. The highest BCUT2D eigenvalue weighted by Crippen LogP contribution is 2.37. The third-order valence-electron chi connectivity index (χ3n) is 8.14. The molecule has 0 unspecified atom stereocenters. The summed E-state index contributed by atoms with van der Waals surface area (Å²) in [4.78, 5) is 34.6. The molecule has 0 atom stereocenters. The van der Waals surface area contributed by atoms with Crippen LogP contribution in [0.3, 0.4) is 0 Å². The van der Waals surface area contributed by atoms with Gasteiger partial charge >= 0.3 is 12.2 Å². The first kappa shape index (κ1) is 41.4. The number of pyridine rings is 1. The Bertz CT molecular complexity index is 1450. The van der Waals surface area contributed by atoms with Gasteiger partial charge in [-0.05, 0) is 73.9 Å². The number of benzene rings is 1. The fourth-order valence-electron chi connectivity index (χ4n) is 5.43. The van der Waals surface area contributed by atoms with Crippen LogP contribution >= 0.6 is 35.0 Å². The number of unbranched alkanes of at least 4 members (excludes halogenated alkanes) is 12. The van der Waals surface area contributed by atoms with E-state index in [-0.39, 0.29) is 19.1 Å². The lowest BCUT2D eigenvalue weighted by Crippen LogP contribution is -2.32. The van der Waals surface area contributed by atoms with Crippen LogP contribution in [0.4, 0.5) is 9.59 Å². The average Bonchev–Trinajstić information content (AvgIpc) is 3.41. The Kier molecular flexibility index (Phi) is 20.1. The number of alkyl carbamates (subject to hydrolysis) is 2. The second-order valence-electron chi connectivity index (χ2n) is 12.8. The number of rotatable bonds is 23. The van der Waals surface area contributed by atoms with Crippen LogP contribution in [0.25, 0.3) is 0 Å². The lowest BCUT2D eigenvalue weighted by molar-refractivity contribution is 0.117. The Morgan fingerprint density at radius 3 is 2.04 bits per heavy atom. The molecule has 2 heterocycles. The van der Waals surface area contributed by atoms with Crippen molar-refractivity contribution >= 4 is 47.2 Å². The maximum atomic E-state index is 12.6. The van der Waals surface area contributed by atoms with Gasteiger partial charge in [0.25, 0.3) is 0 Å². The van der Waals surface area contributed by atoms with Crippen LogP contribution in [0.1, 0.15) is 134 Å². The second kappa shape index (κ2) is 24.2. The number of carbonyl (C=O) groups is 2. The quantitative estimate of drug-likeness (QED) is 0.0762. The molecule has 0 aliphatic carbocycles. The second-order valence-corrected chi connectivity index (χ2v) is 14.7. The standard InChI is InChI=1S/C39H54Cl2N4O4S/c1-4-5-6-7-8-9-10-11-12-13-14-15-16-17-18-19-24-48-38(46)44-39(47)49-29-35-43-36(30(2)3)37(45(35)28-31-20-22-42-23-21-31)50-34-26-32(40)25-33(41)27-34/h11-12,20-23,25-27,30H,4-10,13-19,24,28-29H2,1-3H3,(H,44,46,47). The number of imidazole rings is 1. The highest BCUT2D eigenvalue weighted by molar-refractivity contribution is 7.99. The fourth-order valence-corrected chi connectivity index (χ4v) is 7.35. The Morgan fingerprint density at radius 1 is 0.840 bits per heavy atom. The van der Waals surface area contributed by atoms with Gasteiger partial charge in [0, 0.05) is 27.3 Å². The van der Waals surface area contributed by atoms with E-state index in [1.54, 1.807) is 18.5 Å². The molecular weight excluding hydrogens is 691 g/mol. The van der Waals surface area contributed by atoms with E-state index in [0.29, 0.717) is 22.4 Å². The minimum Gasteiger partial charge on any atom is -0.449 e. The van der Waals surface area contributed by atoms with Crippen molar-refractivity contribution < 1.29 is 19.1 Å². The minimum atomic E-state index is -0.892. The topological polar surface area (TPSA) is 95.3 Å². The normalized spacial score (nSPS) is 11.4. The maximum absolute atomic E-state index is 12.6. The lowest BCUT2D eigenvalue weighted by atomic mass is 10.1. The van der Waals surface area contributed by atoms with E-state index >= 15 is 0 Å². The summed E-state index contributed by atoms with van der Waals surface area (Å²) < 4.78 is 12.7. The Hall–Kier alpha value is -3.01. The van der Waals surface area contributed by atoms with Gasteiger partial charge in [-0.1, -0.05) is 126 Å². The van der Waals surface area contributed by atoms with Crippen LogP contribution in [-0.4, -0.2) is 33.3 Å². The molecule has 1 N–H and O–H groups in total. The van der Waals surface area contributed by atoms with Gasteiger partial charge in [0.2, 0.25) is 0 Å².